The number of hydrogen-bond acceptors (Lipinski definition) is 5. The zero-order valence-electron chi connectivity index (χ0n) is 16.4. The number of benzene rings is 2. The molecule has 0 unspecified atom stereocenters. The van der Waals surface area contributed by atoms with Gasteiger partial charge in [0.25, 0.3) is 5.91 Å². The second kappa shape index (κ2) is 8.89. The lowest BCUT2D eigenvalue weighted by Gasteiger charge is -2.18. The topological polar surface area (TPSA) is 93.9 Å². The van der Waals surface area contributed by atoms with Crippen molar-refractivity contribution < 1.29 is 23.5 Å². The minimum absolute atomic E-state index is 0. The van der Waals surface area contributed by atoms with Gasteiger partial charge >= 0.3 is 0 Å². The minimum atomic E-state index is -0.459. The molecule has 160 valence electrons. The van der Waals surface area contributed by atoms with Crippen LogP contribution in [-0.4, -0.2) is 43.0 Å². The maximum absolute atomic E-state index is 13.8. The summed E-state index contributed by atoms with van der Waals surface area (Å²) in [6.07, 6.45) is 0.453. The number of nitrogens with one attached hydrogen (secondary N) is 1. The monoisotopic (exact) mass is 435 g/mol. The first kappa shape index (κ1) is 21.9. The van der Waals surface area contributed by atoms with Crippen LogP contribution in [0.25, 0.3) is 0 Å². The van der Waals surface area contributed by atoms with Crippen molar-refractivity contribution in [2.75, 3.05) is 20.2 Å². The van der Waals surface area contributed by atoms with Gasteiger partial charge in [-0.1, -0.05) is 0 Å². The Labute approximate surface area is 179 Å². The van der Waals surface area contributed by atoms with Crippen LogP contribution in [0.3, 0.4) is 0 Å². The van der Waals surface area contributed by atoms with Crippen molar-refractivity contribution in [1.29, 1.82) is 0 Å². The molecular formula is C21H23ClFN3O4. The van der Waals surface area contributed by atoms with Crippen LogP contribution in [0.15, 0.2) is 36.4 Å². The Balaban J connectivity index is 0.00000256. The van der Waals surface area contributed by atoms with Gasteiger partial charge in [-0.05, 0) is 35.9 Å². The Morgan fingerprint density at radius 1 is 1.23 bits per heavy atom. The van der Waals surface area contributed by atoms with E-state index >= 15 is 0 Å². The average Bonchev–Trinajstić information content (AvgIpc) is 3.24. The molecule has 30 heavy (non-hydrogen) atoms. The fourth-order valence-corrected chi connectivity index (χ4v) is 3.91. The molecule has 3 N–H and O–H groups in total. The van der Waals surface area contributed by atoms with Gasteiger partial charge in [-0.2, -0.15) is 0 Å². The Morgan fingerprint density at radius 3 is 2.73 bits per heavy atom. The van der Waals surface area contributed by atoms with Gasteiger partial charge in [0, 0.05) is 43.6 Å². The molecule has 2 aliphatic rings. The van der Waals surface area contributed by atoms with Gasteiger partial charge in [-0.25, -0.2) is 4.39 Å². The summed E-state index contributed by atoms with van der Waals surface area (Å²) in [5, 5.41) is 2.91. The van der Waals surface area contributed by atoms with E-state index in [4.69, 9.17) is 15.2 Å². The molecule has 2 fully saturated rings. The van der Waals surface area contributed by atoms with Crippen LogP contribution >= 0.6 is 12.4 Å². The number of nitrogens with zero attached hydrogens (tertiary/aromatic N) is 1. The Kier molecular flexibility index (Phi) is 6.48. The molecule has 0 saturated carbocycles. The first-order valence-corrected chi connectivity index (χ1v) is 9.41. The van der Waals surface area contributed by atoms with E-state index in [-0.39, 0.29) is 48.5 Å². The van der Waals surface area contributed by atoms with E-state index in [2.05, 4.69) is 5.32 Å². The zero-order chi connectivity index (χ0) is 20.5. The average molecular weight is 436 g/mol. The Hall–Kier alpha value is -2.84. The van der Waals surface area contributed by atoms with Crippen molar-refractivity contribution in [3.8, 4) is 17.2 Å². The van der Waals surface area contributed by atoms with E-state index in [0.29, 0.717) is 42.1 Å². The highest BCUT2D eigenvalue weighted by Crippen LogP contribution is 2.34. The van der Waals surface area contributed by atoms with Crippen molar-refractivity contribution in [1.82, 2.24) is 10.2 Å². The predicted molar refractivity (Wildman–Crippen MR) is 111 cm³/mol. The normalized spacial score (nSPS) is 19.7. The van der Waals surface area contributed by atoms with Crippen molar-refractivity contribution in [3.63, 3.8) is 0 Å². The van der Waals surface area contributed by atoms with E-state index in [1.807, 2.05) is 0 Å². The summed E-state index contributed by atoms with van der Waals surface area (Å²) >= 11 is 0. The summed E-state index contributed by atoms with van der Waals surface area (Å²) in [4.78, 5) is 26.2. The minimum Gasteiger partial charge on any atom is -0.493 e. The lowest BCUT2D eigenvalue weighted by molar-refractivity contribution is -0.119. The molecule has 2 amide bonds. The summed E-state index contributed by atoms with van der Waals surface area (Å²) in [5.74, 6) is 0.585. The number of nitrogens with two attached hydrogens (primary N) is 1. The quantitative estimate of drug-likeness (QED) is 0.752. The van der Waals surface area contributed by atoms with Crippen LogP contribution in [-0.2, 0) is 11.3 Å². The van der Waals surface area contributed by atoms with Gasteiger partial charge in [-0.15, -0.1) is 12.4 Å². The van der Waals surface area contributed by atoms with Gasteiger partial charge < -0.3 is 25.4 Å². The number of ether oxygens (including phenoxy) is 2. The maximum Gasteiger partial charge on any atom is 0.254 e. The molecule has 0 radical (unpaired) electrons. The largest absolute Gasteiger partial charge is 0.493 e. The van der Waals surface area contributed by atoms with E-state index in [1.165, 1.54) is 19.2 Å². The first-order chi connectivity index (χ1) is 14.0. The second-order valence-corrected chi connectivity index (χ2v) is 7.32. The maximum atomic E-state index is 13.8. The van der Waals surface area contributed by atoms with Gasteiger partial charge in [0.1, 0.15) is 11.6 Å². The molecule has 2 atom stereocenters. The van der Waals surface area contributed by atoms with Crippen molar-refractivity contribution in [2.45, 2.75) is 19.0 Å². The van der Waals surface area contributed by atoms with Crippen LogP contribution in [0.5, 0.6) is 17.2 Å². The molecule has 4 rings (SSSR count). The van der Waals surface area contributed by atoms with E-state index in [0.717, 1.165) is 0 Å². The van der Waals surface area contributed by atoms with E-state index in [9.17, 15) is 14.0 Å². The van der Waals surface area contributed by atoms with E-state index < -0.39 is 5.82 Å². The van der Waals surface area contributed by atoms with Crippen molar-refractivity contribution >= 4 is 24.2 Å². The molecule has 2 aromatic carbocycles. The smallest absolute Gasteiger partial charge is 0.254 e. The number of likely N-dealkylation sites (tertiary alicyclic amines) is 1. The molecule has 2 aromatic rings. The number of rotatable bonds is 5. The molecule has 9 heteroatoms. The SMILES string of the molecule is COc1ccc(C(=O)N2C[C@@H]3CC(=O)N[C@@H]3C2)cc1Oc1cc(F)cc(CN)c1.Cl. The number of methoxy groups -OCH3 is 1. The summed E-state index contributed by atoms with van der Waals surface area (Å²) in [5.41, 5.74) is 6.62. The number of amides is 2. The van der Waals surface area contributed by atoms with Gasteiger partial charge in [-0.3, -0.25) is 9.59 Å². The molecular weight excluding hydrogens is 413 g/mol. The number of hydrogen-bond donors (Lipinski definition) is 2. The summed E-state index contributed by atoms with van der Waals surface area (Å²) in [6, 6.07) is 9.14. The van der Waals surface area contributed by atoms with Crippen LogP contribution in [0.2, 0.25) is 0 Å². The third-order valence-corrected chi connectivity index (χ3v) is 5.33. The zero-order valence-corrected chi connectivity index (χ0v) is 17.2. The number of halogens is 2. The third kappa shape index (κ3) is 4.34. The van der Waals surface area contributed by atoms with Crippen molar-refractivity contribution in [3.05, 3.63) is 53.3 Å². The van der Waals surface area contributed by atoms with Gasteiger partial charge in [0.15, 0.2) is 11.5 Å². The van der Waals surface area contributed by atoms with Gasteiger partial charge in [0.2, 0.25) is 5.91 Å². The highest BCUT2D eigenvalue weighted by molar-refractivity contribution is 5.95. The van der Waals surface area contributed by atoms with Crippen LogP contribution in [0, 0.1) is 11.7 Å². The molecule has 0 aromatic heterocycles. The van der Waals surface area contributed by atoms with Crippen LogP contribution < -0.4 is 20.5 Å². The molecule has 2 heterocycles. The highest BCUT2D eigenvalue weighted by atomic mass is 35.5. The third-order valence-electron chi connectivity index (χ3n) is 5.33. The van der Waals surface area contributed by atoms with Crippen molar-refractivity contribution in [2.24, 2.45) is 11.7 Å². The Morgan fingerprint density at radius 2 is 2.03 bits per heavy atom. The fraction of sp³-hybridized carbons (Fsp3) is 0.333. The first-order valence-electron chi connectivity index (χ1n) is 9.41. The molecule has 0 aliphatic carbocycles. The van der Waals surface area contributed by atoms with Crippen LogP contribution in [0.1, 0.15) is 22.3 Å². The fourth-order valence-electron chi connectivity index (χ4n) is 3.91. The molecule has 2 aliphatic heterocycles. The summed E-state index contributed by atoms with van der Waals surface area (Å²) in [7, 11) is 1.49. The number of fused-ring (bicyclic) bond motifs is 1. The molecule has 0 bridgehead atoms. The molecule has 2 saturated heterocycles. The van der Waals surface area contributed by atoms with Crippen LogP contribution in [0.4, 0.5) is 4.39 Å². The second-order valence-electron chi connectivity index (χ2n) is 7.32. The number of carbonyl (C=O) groups excluding carboxylic acids is 2. The van der Waals surface area contributed by atoms with Gasteiger partial charge in [0.05, 0.1) is 13.2 Å². The molecule has 0 spiro atoms. The number of carbonyl (C=O) groups is 2. The van der Waals surface area contributed by atoms with E-state index in [1.54, 1.807) is 29.2 Å². The predicted octanol–water partition coefficient (Wildman–Crippen LogP) is 2.47. The highest BCUT2D eigenvalue weighted by Gasteiger charge is 2.41. The lowest BCUT2D eigenvalue weighted by Crippen LogP contribution is -2.35. The summed E-state index contributed by atoms with van der Waals surface area (Å²) < 4.78 is 24.9. The summed E-state index contributed by atoms with van der Waals surface area (Å²) in [6.45, 7) is 1.20. The Bertz CT molecular complexity index is 955. The standard InChI is InChI=1S/C21H22FN3O4.ClH/c1-28-18-3-2-13(21(27)25-10-14-7-20(26)24-17(14)11-25)6-19(18)29-16-5-12(9-23)4-15(22)8-16;/h2-6,8,14,17H,7,9-11,23H2,1H3,(H,24,26);1H/t14-,17+;/m0./s1. The molecule has 7 nitrogen and oxygen atoms in total. The lowest BCUT2D eigenvalue weighted by atomic mass is 10.1.